The number of hydrogen-bond acceptors (Lipinski definition) is 2. The van der Waals surface area contributed by atoms with E-state index in [9.17, 15) is 0 Å². The van der Waals surface area contributed by atoms with Gasteiger partial charge in [0.1, 0.15) is 5.82 Å². The third-order valence-corrected chi connectivity index (χ3v) is 1.97. The molecule has 3 heteroatoms. The second kappa shape index (κ2) is 3.09. The van der Waals surface area contributed by atoms with Gasteiger partial charge in [-0.05, 0) is 31.0 Å². The van der Waals surface area contributed by atoms with Crippen molar-refractivity contribution in [1.29, 1.82) is 0 Å². The van der Waals surface area contributed by atoms with Gasteiger partial charge in [0, 0.05) is 11.6 Å². The minimum atomic E-state index is 0.505. The Bertz CT molecular complexity index is 248. The van der Waals surface area contributed by atoms with Crippen LogP contribution < -0.4 is 5.73 Å². The van der Waals surface area contributed by atoms with E-state index in [2.05, 4.69) is 4.98 Å². The fourth-order valence-electron chi connectivity index (χ4n) is 1.09. The largest absolute Gasteiger partial charge is 0.384 e. The molecule has 0 unspecified atom stereocenters. The highest BCUT2D eigenvalue weighted by atomic mass is 35.5. The molecule has 0 amide bonds. The Morgan fingerprint density at radius 1 is 1.55 bits per heavy atom. The van der Waals surface area contributed by atoms with Crippen molar-refractivity contribution in [2.24, 2.45) is 0 Å². The Kier molecular flexibility index (Phi) is 2.35. The van der Waals surface area contributed by atoms with Crippen molar-refractivity contribution in [3.63, 3.8) is 0 Å². The van der Waals surface area contributed by atoms with Gasteiger partial charge in [-0.25, -0.2) is 4.98 Å². The Balaban J connectivity index is 3.25. The van der Waals surface area contributed by atoms with Crippen molar-refractivity contribution in [2.75, 3.05) is 5.73 Å². The lowest BCUT2D eigenvalue weighted by Crippen LogP contribution is -1.98. The predicted octanol–water partition coefficient (Wildman–Crippen LogP) is 2.02. The topological polar surface area (TPSA) is 38.9 Å². The van der Waals surface area contributed by atoms with Crippen LogP contribution in [0.25, 0.3) is 0 Å². The summed E-state index contributed by atoms with van der Waals surface area (Å²) in [7, 11) is 0. The van der Waals surface area contributed by atoms with Gasteiger partial charge in [0.15, 0.2) is 0 Å². The number of aromatic nitrogens is 1. The first kappa shape index (κ1) is 8.34. The van der Waals surface area contributed by atoms with Crippen LogP contribution in [-0.2, 0) is 5.88 Å². The van der Waals surface area contributed by atoms with Gasteiger partial charge in [-0.1, -0.05) is 0 Å². The van der Waals surface area contributed by atoms with E-state index in [1.54, 1.807) is 0 Å². The van der Waals surface area contributed by atoms with Crippen LogP contribution in [-0.4, -0.2) is 4.98 Å². The van der Waals surface area contributed by atoms with E-state index in [0.29, 0.717) is 11.7 Å². The minimum absolute atomic E-state index is 0.505. The zero-order chi connectivity index (χ0) is 8.43. The Hall–Kier alpha value is -0.760. The maximum Gasteiger partial charge on any atom is 0.123 e. The van der Waals surface area contributed by atoms with Crippen LogP contribution >= 0.6 is 11.6 Å². The van der Waals surface area contributed by atoms with Gasteiger partial charge >= 0.3 is 0 Å². The van der Waals surface area contributed by atoms with Crippen molar-refractivity contribution in [2.45, 2.75) is 19.7 Å². The van der Waals surface area contributed by atoms with Gasteiger partial charge in [0.2, 0.25) is 0 Å². The molecule has 0 saturated carbocycles. The number of halogens is 1. The van der Waals surface area contributed by atoms with Crippen LogP contribution in [0.15, 0.2) is 6.07 Å². The molecular formula is C8H11ClN2. The number of nitrogen functional groups attached to an aromatic ring is 1. The first-order valence-electron chi connectivity index (χ1n) is 3.43. The summed E-state index contributed by atoms with van der Waals surface area (Å²) in [5.41, 5.74) is 8.66. The van der Waals surface area contributed by atoms with E-state index < -0.39 is 0 Å². The fourth-order valence-corrected chi connectivity index (χ4v) is 1.49. The molecule has 0 saturated heterocycles. The van der Waals surface area contributed by atoms with E-state index in [-0.39, 0.29) is 0 Å². The highest BCUT2D eigenvalue weighted by Crippen LogP contribution is 2.16. The molecule has 1 heterocycles. The molecule has 0 atom stereocenters. The van der Waals surface area contributed by atoms with Crippen LogP contribution in [0.1, 0.15) is 16.8 Å². The summed E-state index contributed by atoms with van der Waals surface area (Å²) in [5, 5.41) is 0. The van der Waals surface area contributed by atoms with Gasteiger partial charge in [-0.15, -0.1) is 11.6 Å². The van der Waals surface area contributed by atoms with Crippen molar-refractivity contribution in [3.05, 3.63) is 22.9 Å². The number of pyridine rings is 1. The van der Waals surface area contributed by atoms with E-state index in [1.165, 1.54) is 0 Å². The standard InChI is InChI=1S/C8H11ClN2/c1-5-3-8(10)11-6(2)7(5)4-9/h3H,4H2,1-2H3,(H2,10,11). The number of rotatable bonds is 1. The van der Waals surface area contributed by atoms with E-state index in [4.69, 9.17) is 17.3 Å². The summed E-state index contributed by atoms with van der Waals surface area (Å²) in [6, 6.07) is 1.84. The van der Waals surface area contributed by atoms with Gasteiger partial charge in [-0.3, -0.25) is 0 Å². The molecule has 1 aromatic rings. The highest BCUT2D eigenvalue weighted by Gasteiger charge is 2.02. The SMILES string of the molecule is Cc1cc(N)nc(C)c1CCl. The zero-order valence-electron chi connectivity index (χ0n) is 6.69. The molecule has 0 aliphatic carbocycles. The van der Waals surface area contributed by atoms with Gasteiger partial charge < -0.3 is 5.73 Å². The monoisotopic (exact) mass is 170 g/mol. The lowest BCUT2D eigenvalue weighted by Gasteiger charge is -2.05. The quantitative estimate of drug-likeness (QED) is 0.655. The predicted molar refractivity (Wildman–Crippen MR) is 47.7 cm³/mol. The molecule has 0 aliphatic heterocycles. The smallest absolute Gasteiger partial charge is 0.123 e. The molecule has 11 heavy (non-hydrogen) atoms. The van der Waals surface area contributed by atoms with E-state index in [1.807, 2.05) is 19.9 Å². The van der Waals surface area contributed by atoms with Crippen LogP contribution in [0.2, 0.25) is 0 Å². The molecule has 0 spiro atoms. The average molecular weight is 171 g/mol. The van der Waals surface area contributed by atoms with Crippen molar-refractivity contribution >= 4 is 17.4 Å². The van der Waals surface area contributed by atoms with Gasteiger partial charge in [0.25, 0.3) is 0 Å². The molecular weight excluding hydrogens is 160 g/mol. The number of anilines is 1. The van der Waals surface area contributed by atoms with Crippen LogP contribution in [0, 0.1) is 13.8 Å². The van der Waals surface area contributed by atoms with Crippen molar-refractivity contribution in [3.8, 4) is 0 Å². The maximum absolute atomic E-state index is 5.71. The second-order valence-corrected chi connectivity index (χ2v) is 2.83. The molecule has 0 bridgehead atoms. The lowest BCUT2D eigenvalue weighted by atomic mass is 10.1. The lowest BCUT2D eigenvalue weighted by molar-refractivity contribution is 1.11. The van der Waals surface area contributed by atoms with E-state index >= 15 is 0 Å². The average Bonchev–Trinajstić information content (AvgIpc) is 1.85. The molecule has 60 valence electrons. The maximum atomic E-state index is 5.71. The van der Waals surface area contributed by atoms with Crippen LogP contribution in [0.4, 0.5) is 5.82 Å². The molecule has 0 aromatic carbocycles. The molecule has 0 fully saturated rings. The summed E-state index contributed by atoms with van der Waals surface area (Å²) in [5.74, 6) is 1.07. The summed E-state index contributed by atoms with van der Waals surface area (Å²) in [6.07, 6.45) is 0. The Morgan fingerprint density at radius 3 is 2.64 bits per heavy atom. The Labute approximate surface area is 71.4 Å². The zero-order valence-corrected chi connectivity index (χ0v) is 7.44. The van der Waals surface area contributed by atoms with Crippen LogP contribution in [0.3, 0.4) is 0 Å². The first-order chi connectivity index (χ1) is 5.15. The summed E-state index contributed by atoms with van der Waals surface area (Å²) < 4.78 is 0. The number of nitrogens with two attached hydrogens (primary N) is 1. The first-order valence-corrected chi connectivity index (χ1v) is 3.97. The number of hydrogen-bond donors (Lipinski definition) is 1. The van der Waals surface area contributed by atoms with Crippen LogP contribution in [0.5, 0.6) is 0 Å². The minimum Gasteiger partial charge on any atom is -0.384 e. The second-order valence-electron chi connectivity index (χ2n) is 2.56. The van der Waals surface area contributed by atoms with E-state index in [0.717, 1.165) is 16.8 Å². The number of nitrogens with zero attached hydrogens (tertiary/aromatic N) is 1. The molecule has 1 aromatic heterocycles. The number of aryl methyl sites for hydroxylation is 2. The molecule has 2 nitrogen and oxygen atoms in total. The van der Waals surface area contributed by atoms with Crippen molar-refractivity contribution in [1.82, 2.24) is 4.98 Å². The molecule has 0 aliphatic rings. The third-order valence-electron chi connectivity index (χ3n) is 1.71. The molecule has 0 radical (unpaired) electrons. The highest BCUT2D eigenvalue weighted by molar-refractivity contribution is 6.17. The summed E-state index contributed by atoms with van der Waals surface area (Å²) in [4.78, 5) is 4.10. The fraction of sp³-hybridized carbons (Fsp3) is 0.375. The summed E-state index contributed by atoms with van der Waals surface area (Å²) in [6.45, 7) is 3.91. The normalized spacial score (nSPS) is 10.1. The van der Waals surface area contributed by atoms with Crippen molar-refractivity contribution < 1.29 is 0 Å². The Morgan fingerprint density at radius 2 is 2.18 bits per heavy atom. The summed E-state index contributed by atoms with van der Waals surface area (Å²) >= 11 is 5.71. The third kappa shape index (κ3) is 1.63. The van der Waals surface area contributed by atoms with Gasteiger partial charge in [0.05, 0.1) is 0 Å². The molecule has 2 N–H and O–H groups in total. The van der Waals surface area contributed by atoms with Gasteiger partial charge in [-0.2, -0.15) is 0 Å². The molecule has 1 rings (SSSR count). The number of alkyl halides is 1.